The second kappa shape index (κ2) is 10.1. The van der Waals surface area contributed by atoms with Crippen LogP contribution in [0.4, 0.5) is 0 Å². The lowest BCUT2D eigenvalue weighted by molar-refractivity contribution is -0.149. The lowest BCUT2D eigenvalue weighted by atomic mass is 9.86. The summed E-state index contributed by atoms with van der Waals surface area (Å²) in [5.74, 6) is 0.428. The van der Waals surface area contributed by atoms with E-state index in [0.717, 1.165) is 51.6 Å². The number of nitrogens with zero attached hydrogens (tertiary/aromatic N) is 1. The molecule has 1 fully saturated rings. The number of amides is 2. The maximum absolute atomic E-state index is 13.0. The number of hydrogen-bond acceptors (Lipinski definition) is 2. The monoisotopic (exact) mass is 396 g/mol. The van der Waals surface area contributed by atoms with Crippen LogP contribution in [0.1, 0.15) is 64.4 Å². The minimum Gasteiger partial charge on any atom is -0.355 e. The van der Waals surface area contributed by atoms with Crippen LogP contribution in [0.15, 0.2) is 42.0 Å². The molecule has 0 atom stereocenters. The van der Waals surface area contributed by atoms with Gasteiger partial charge in [0.15, 0.2) is 0 Å². The van der Waals surface area contributed by atoms with E-state index < -0.39 is 5.41 Å². The maximum atomic E-state index is 13.0. The molecule has 1 heterocycles. The van der Waals surface area contributed by atoms with Gasteiger partial charge in [0.05, 0.1) is 0 Å². The highest BCUT2D eigenvalue weighted by Crippen LogP contribution is 2.26. The topological polar surface area (TPSA) is 49.4 Å². The molecule has 0 bridgehead atoms. The summed E-state index contributed by atoms with van der Waals surface area (Å²) in [4.78, 5) is 27.7. The van der Waals surface area contributed by atoms with Crippen molar-refractivity contribution in [3.63, 3.8) is 0 Å². The Labute approximate surface area is 175 Å². The van der Waals surface area contributed by atoms with Crippen LogP contribution < -0.4 is 5.32 Å². The van der Waals surface area contributed by atoms with Gasteiger partial charge in [-0.1, -0.05) is 42.0 Å². The second-order valence-corrected chi connectivity index (χ2v) is 9.16. The Balaban J connectivity index is 1.44. The first-order valence-corrected chi connectivity index (χ1v) is 11.3. The van der Waals surface area contributed by atoms with Crippen molar-refractivity contribution in [1.29, 1.82) is 0 Å². The van der Waals surface area contributed by atoms with E-state index >= 15 is 0 Å². The molecular formula is C25H36N2O2. The van der Waals surface area contributed by atoms with Crippen LogP contribution >= 0.6 is 0 Å². The number of likely N-dealkylation sites (tertiary alicyclic amines) is 1. The van der Waals surface area contributed by atoms with Gasteiger partial charge < -0.3 is 10.2 Å². The zero-order valence-corrected chi connectivity index (χ0v) is 18.1. The van der Waals surface area contributed by atoms with Crippen LogP contribution in [-0.4, -0.2) is 36.3 Å². The van der Waals surface area contributed by atoms with Crippen molar-refractivity contribution in [1.82, 2.24) is 10.2 Å². The fourth-order valence-electron chi connectivity index (χ4n) is 4.47. The van der Waals surface area contributed by atoms with E-state index in [4.69, 9.17) is 0 Å². The van der Waals surface area contributed by atoms with Gasteiger partial charge in [-0.2, -0.15) is 0 Å². The van der Waals surface area contributed by atoms with Gasteiger partial charge in [-0.15, -0.1) is 0 Å². The maximum Gasteiger partial charge on any atom is 0.237 e. The molecule has 158 valence electrons. The SMILES string of the molecule is CC(C)(C(=O)NCCC1=CCCCC1)C(=O)N1CCC(Cc2ccccc2)CC1. The first-order valence-electron chi connectivity index (χ1n) is 11.3. The van der Waals surface area contributed by atoms with Crippen molar-refractivity contribution >= 4 is 11.8 Å². The van der Waals surface area contributed by atoms with Crippen molar-refractivity contribution in [2.45, 2.75) is 65.2 Å². The molecule has 0 saturated carbocycles. The third-order valence-electron chi connectivity index (χ3n) is 6.49. The van der Waals surface area contributed by atoms with Crippen LogP contribution in [0, 0.1) is 11.3 Å². The fraction of sp³-hybridized carbons (Fsp3) is 0.600. The lowest BCUT2D eigenvalue weighted by Gasteiger charge is -2.36. The minimum atomic E-state index is -1.01. The molecule has 0 unspecified atom stereocenters. The molecule has 1 aliphatic carbocycles. The van der Waals surface area contributed by atoms with E-state index in [-0.39, 0.29) is 11.8 Å². The molecule has 0 aromatic heterocycles. The summed E-state index contributed by atoms with van der Waals surface area (Å²) in [5, 5.41) is 3.00. The fourth-order valence-corrected chi connectivity index (χ4v) is 4.47. The molecule has 2 aliphatic rings. The van der Waals surface area contributed by atoms with E-state index in [1.165, 1.54) is 24.0 Å². The Kier molecular flexibility index (Phi) is 7.51. The average Bonchev–Trinajstić information content (AvgIpc) is 2.75. The summed E-state index contributed by atoms with van der Waals surface area (Å²) in [6.07, 6.45) is 11.1. The molecule has 4 nitrogen and oxygen atoms in total. The normalized spacial score (nSPS) is 18.3. The summed E-state index contributed by atoms with van der Waals surface area (Å²) in [6, 6.07) is 10.6. The number of allylic oxidation sites excluding steroid dienone is 1. The van der Waals surface area contributed by atoms with Crippen molar-refractivity contribution in [3.8, 4) is 0 Å². The van der Waals surface area contributed by atoms with Crippen molar-refractivity contribution < 1.29 is 9.59 Å². The lowest BCUT2D eigenvalue weighted by Crippen LogP contribution is -2.51. The number of benzene rings is 1. The second-order valence-electron chi connectivity index (χ2n) is 9.16. The smallest absolute Gasteiger partial charge is 0.237 e. The Morgan fingerprint density at radius 3 is 2.48 bits per heavy atom. The van der Waals surface area contributed by atoms with Gasteiger partial charge >= 0.3 is 0 Å². The number of piperidine rings is 1. The number of carbonyl (C=O) groups is 2. The largest absolute Gasteiger partial charge is 0.355 e. The van der Waals surface area contributed by atoms with E-state index in [2.05, 4.69) is 35.7 Å². The molecule has 3 rings (SSSR count). The first-order chi connectivity index (χ1) is 14.0. The van der Waals surface area contributed by atoms with E-state index in [1.54, 1.807) is 13.8 Å². The third-order valence-corrected chi connectivity index (χ3v) is 6.49. The predicted molar refractivity (Wildman–Crippen MR) is 117 cm³/mol. The summed E-state index contributed by atoms with van der Waals surface area (Å²) in [7, 11) is 0. The van der Waals surface area contributed by atoms with Gasteiger partial charge in [-0.3, -0.25) is 9.59 Å². The van der Waals surface area contributed by atoms with Crippen LogP contribution in [0.5, 0.6) is 0 Å². The molecule has 2 amide bonds. The molecule has 1 N–H and O–H groups in total. The van der Waals surface area contributed by atoms with Gasteiger partial charge in [-0.05, 0) is 76.7 Å². The van der Waals surface area contributed by atoms with Crippen molar-refractivity contribution in [2.24, 2.45) is 11.3 Å². The third kappa shape index (κ3) is 5.94. The zero-order valence-electron chi connectivity index (χ0n) is 18.1. The van der Waals surface area contributed by atoms with E-state index in [9.17, 15) is 9.59 Å². The van der Waals surface area contributed by atoms with Gasteiger partial charge in [0.2, 0.25) is 11.8 Å². The molecule has 1 aliphatic heterocycles. The molecule has 29 heavy (non-hydrogen) atoms. The van der Waals surface area contributed by atoms with Gasteiger partial charge in [0.25, 0.3) is 0 Å². The first kappa shape index (κ1) is 21.6. The molecular weight excluding hydrogens is 360 g/mol. The highest BCUT2D eigenvalue weighted by Gasteiger charge is 2.40. The van der Waals surface area contributed by atoms with Crippen molar-refractivity contribution in [3.05, 3.63) is 47.5 Å². The minimum absolute atomic E-state index is 0.0370. The summed E-state index contributed by atoms with van der Waals surface area (Å²) in [6.45, 7) is 5.65. The number of nitrogens with one attached hydrogen (secondary N) is 1. The predicted octanol–water partition coefficient (Wildman–Crippen LogP) is 4.50. The van der Waals surface area contributed by atoms with Gasteiger partial charge in [-0.25, -0.2) is 0 Å². The van der Waals surface area contributed by atoms with E-state index in [0.29, 0.717) is 12.5 Å². The van der Waals surface area contributed by atoms with Gasteiger partial charge in [0, 0.05) is 19.6 Å². The molecule has 1 aromatic carbocycles. The standard InChI is InChI=1S/C25H36N2O2/c1-25(2,23(28)26-16-13-20-9-5-3-6-10-20)24(29)27-17-14-22(15-18-27)19-21-11-7-4-8-12-21/h4,7-9,11-12,22H,3,5-6,10,13-19H2,1-2H3,(H,26,28). The van der Waals surface area contributed by atoms with Crippen molar-refractivity contribution in [2.75, 3.05) is 19.6 Å². The zero-order chi connectivity index (χ0) is 20.7. The van der Waals surface area contributed by atoms with Crippen LogP contribution in [0.3, 0.4) is 0 Å². The summed E-state index contributed by atoms with van der Waals surface area (Å²) < 4.78 is 0. The number of hydrogen-bond donors (Lipinski definition) is 1. The Hall–Kier alpha value is -2.10. The van der Waals surface area contributed by atoms with Crippen LogP contribution in [0.2, 0.25) is 0 Å². The quantitative estimate of drug-likeness (QED) is 0.545. The summed E-state index contributed by atoms with van der Waals surface area (Å²) in [5.41, 5.74) is 1.80. The number of rotatable bonds is 7. The van der Waals surface area contributed by atoms with Crippen LogP contribution in [-0.2, 0) is 16.0 Å². The molecule has 4 heteroatoms. The summed E-state index contributed by atoms with van der Waals surface area (Å²) >= 11 is 0. The highest BCUT2D eigenvalue weighted by molar-refractivity contribution is 6.04. The highest BCUT2D eigenvalue weighted by atomic mass is 16.2. The Morgan fingerprint density at radius 2 is 1.83 bits per heavy atom. The molecule has 0 spiro atoms. The van der Waals surface area contributed by atoms with Gasteiger partial charge in [0.1, 0.15) is 5.41 Å². The Bertz CT molecular complexity index is 716. The molecule has 1 aromatic rings. The molecule has 1 saturated heterocycles. The van der Waals surface area contributed by atoms with Crippen LogP contribution in [0.25, 0.3) is 0 Å². The molecule has 0 radical (unpaired) electrons. The van der Waals surface area contributed by atoms with E-state index in [1.807, 2.05) is 11.0 Å². The average molecular weight is 397 g/mol. The Morgan fingerprint density at radius 1 is 1.10 bits per heavy atom. The number of carbonyl (C=O) groups excluding carboxylic acids is 2.